The molecule has 17 heavy (non-hydrogen) atoms. The monoisotopic (exact) mass is 265 g/mol. The Bertz CT molecular complexity index is 242. The highest BCUT2D eigenvalue weighted by Gasteiger charge is 2.29. The standard InChI is InChI=1S/C12H28NO3P/c1-5-7-8-12(6-2)9-13-10(3)11(4)17(14,15)16/h10-13H,5-9H2,1-4H3,(H2,14,15,16). The lowest BCUT2D eigenvalue weighted by molar-refractivity contribution is 0.336. The van der Waals surface area contributed by atoms with Crippen LogP contribution in [0.5, 0.6) is 0 Å². The Balaban J connectivity index is 4.04. The second kappa shape index (κ2) is 8.25. The van der Waals surface area contributed by atoms with Gasteiger partial charge in [0.25, 0.3) is 0 Å². The van der Waals surface area contributed by atoms with Crippen molar-refractivity contribution in [2.24, 2.45) is 5.92 Å². The van der Waals surface area contributed by atoms with Crippen LogP contribution in [0.1, 0.15) is 53.4 Å². The molecule has 0 rings (SSSR count). The first-order valence-corrected chi connectivity index (χ1v) is 8.29. The largest absolute Gasteiger partial charge is 0.329 e. The van der Waals surface area contributed by atoms with E-state index in [-0.39, 0.29) is 6.04 Å². The van der Waals surface area contributed by atoms with E-state index in [0.717, 1.165) is 13.0 Å². The predicted molar refractivity (Wildman–Crippen MR) is 72.3 cm³/mol. The Morgan fingerprint density at radius 3 is 2.24 bits per heavy atom. The fourth-order valence-electron chi connectivity index (χ4n) is 1.76. The van der Waals surface area contributed by atoms with E-state index >= 15 is 0 Å². The lowest BCUT2D eigenvalue weighted by atomic mass is 9.99. The third-order valence-corrected chi connectivity index (χ3v) is 5.03. The molecule has 0 radical (unpaired) electrons. The van der Waals surface area contributed by atoms with Crippen LogP contribution in [0.3, 0.4) is 0 Å². The Hall–Kier alpha value is 0.110. The molecule has 0 fully saturated rings. The molecular weight excluding hydrogens is 237 g/mol. The van der Waals surface area contributed by atoms with Gasteiger partial charge >= 0.3 is 7.60 Å². The van der Waals surface area contributed by atoms with E-state index < -0.39 is 13.3 Å². The zero-order chi connectivity index (χ0) is 13.5. The molecule has 0 aromatic carbocycles. The molecule has 0 aromatic heterocycles. The first-order chi connectivity index (χ1) is 7.82. The minimum atomic E-state index is -3.96. The van der Waals surface area contributed by atoms with Crippen LogP contribution in [0.4, 0.5) is 0 Å². The van der Waals surface area contributed by atoms with E-state index in [9.17, 15) is 4.57 Å². The average Bonchev–Trinajstić information content (AvgIpc) is 2.26. The number of hydrogen-bond acceptors (Lipinski definition) is 2. The SMILES string of the molecule is CCCCC(CC)CNC(C)C(C)P(=O)(O)O. The molecule has 5 heteroatoms. The first-order valence-electron chi connectivity index (χ1n) is 6.61. The summed E-state index contributed by atoms with van der Waals surface area (Å²) in [7, 11) is -3.96. The molecule has 0 amide bonds. The molecule has 3 unspecified atom stereocenters. The lowest BCUT2D eigenvalue weighted by Crippen LogP contribution is -2.38. The molecule has 0 aliphatic heterocycles. The Kier molecular flexibility index (Phi) is 8.31. The maximum Gasteiger partial charge on any atom is 0.329 e. The van der Waals surface area contributed by atoms with Gasteiger partial charge in [-0.3, -0.25) is 4.57 Å². The van der Waals surface area contributed by atoms with Crippen molar-refractivity contribution in [1.29, 1.82) is 0 Å². The summed E-state index contributed by atoms with van der Waals surface area (Å²) in [6.45, 7) is 8.64. The fraction of sp³-hybridized carbons (Fsp3) is 1.00. The molecule has 0 saturated heterocycles. The minimum absolute atomic E-state index is 0.147. The molecule has 0 bridgehead atoms. The highest BCUT2D eigenvalue weighted by atomic mass is 31.2. The van der Waals surface area contributed by atoms with Gasteiger partial charge in [-0.05, 0) is 32.7 Å². The topological polar surface area (TPSA) is 69.6 Å². The number of nitrogens with one attached hydrogen (secondary N) is 1. The smallest absolute Gasteiger partial charge is 0.324 e. The normalized spacial score (nSPS) is 17.8. The molecule has 0 aromatic rings. The summed E-state index contributed by atoms with van der Waals surface area (Å²) < 4.78 is 11.1. The number of unbranched alkanes of at least 4 members (excludes halogenated alkanes) is 1. The van der Waals surface area contributed by atoms with Crippen molar-refractivity contribution in [1.82, 2.24) is 5.32 Å². The Labute approximate surface area is 105 Å². The van der Waals surface area contributed by atoms with Crippen LogP contribution >= 0.6 is 7.60 Å². The van der Waals surface area contributed by atoms with Crippen LogP contribution in [-0.4, -0.2) is 28.0 Å². The molecule has 0 heterocycles. The molecule has 4 nitrogen and oxygen atoms in total. The first kappa shape index (κ1) is 17.1. The number of hydrogen-bond donors (Lipinski definition) is 3. The van der Waals surface area contributed by atoms with Crippen molar-refractivity contribution in [3.05, 3.63) is 0 Å². The van der Waals surface area contributed by atoms with Gasteiger partial charge in [0.05, 0.1) is 5.66 Å². The van der Waals surface area contributed by atoms with Gasteiger partial charge in [-0.2, -0.15) is 0 Å². The predicted octanol–water partition coefficient (Wildman–Crippen LogP) is 2.75. The van der Waals surface area contributed by atoms with E-state index in [4.69, 9.17) is 9.79 Å². The zero-order valence-electron chi connectivity index (χ0n) is 11.5. The van der Waals surface area contributed by atoms with Crippen LogP contribution in [0.25, 0.3) is 0 Å². The van der Waals surface area contributed by atoms with Crippen LogP contribution in [0, 0.1) is 5.92 Å². The van der Waals surface area contributed by atoms with Crippen molar-refractivity contribution in [2.75, 3.05) is 6.54 Å². The summed E-state index contributed by atoms with van der Waals surface area (Å²) in [5, 5.41) is 3.26. The highest BCUT2D eigenvalue weighted by molar-refractivity contribution is 7.52. The molecular formula is C12H28NO3P. The molecule has 0 aliphatic rings. The van der Waals surface area contributed by atoms with Gasteiger partial charge in [-0.1, -0.05) is 33.1 Å². The van der Waals surface area contributed by atoms with E-state index in [1.165, 1.54) is 19.3 Å². The summed E-state index contributed by atoms with van der Waals surface area (Å²) in [6.07, 6.45) is 4.73. The van der Waals surface area contributed by atoms with Gasteiger partial charge in [0.15, 0.2) is 0 Å². The Morgan fingerprint density at radius 2 is 1.82 bits per heavy atom. The summed E-state index contributed by atoms with van der Waals surface area (Å²) in [5.41, 5.74) is -0.619. The molecule has 0 aliphatic carbocycles. The molecule has 3 N–H and O–H groups in total. The summed E-state index contributed by atoms with van der Waals surface area (Å²) in [6, 6.07) is -0.147. The zero-order valence-corrected chi connectivity index (χ0v) is 12.4. The number of rotatable bonds is 9. The molecule has 3 atom stereocenters. The summed E-state index contributed by atoms with van der Waals surface area (Å²) in [4.78, 5) is 18.2. The third kappa shape index (κ3) is 7.20. The minimum Gasteiger partial charge on any atom is -0.324 e. The summed E-state index contributed by atoms with van der Waals surface area (Å²) in [5.74, 6) is 0.612. The maximum absolute atomic E-state index is 11.1. The van der Waals surface area contributed by atoms with Crippen LogP contribution < -0.4 is 5.32 Å². The van der Waals surface area contributed by atoms with Crippen LogP contribution in [0.2, 0.25) is 0 Å². The second-order valence-corrected chi connectivity index (χ2v) is 6.94. The van der Waals surface area contributed by atoms with Gasteiger partial charge < -0.3 is 15.1 Å². The van der Waals surface area contributed by atoms with Crippen molar-refractivity contribution in [3.63, 3.8) is 0 Å². The van der Waals surface area contributed by atoms with E-state index in [1.807, 2.05) is 6.92 Å². The average molecular weight is 265 g/mol. The third-order valence-electron chi connectivity index (χ3n) is 3.53. The quantitative estimate of drug-likeness (QED) is 0.561. The molecule has 0 spiro atoms. The Morgan fingerprint density at radius 1 is 1.24 bits per heavy atom. The van der Waals surface area contributed by atoms with Crippen LogP contribution in [-0.2, 0) is 4.57 Å². The van der Waals surface area contributed by atoms with Gasteiger partial charge in [-0.25, -0.2) is 0 Å². The van der Waals surface area contributed by atoms with Crippen LogP contribution in [0.15, 0.2) is 0 Å². The van der Waals surface area contributed by atoms with Gasteiger partial charge in [0.2, 0.25) is 0 Å². The van der Waals surface area contributed by atoms with Crippen molar-refractivity contribution in [2.45, 2.75) is 65.1 Å². The van der Waals surface area contributed by atoms with E-state index in [2.05, 4.69) is 19.2 Å². The van der Waals surface area contributed by atoms with Gasteiger partial charge in [0.1, 0.15) is 0 Å². The maximum atomic E-state index is 11.1. The molecule has 0 saturated carbocycles. The summed E-state index contributed by atoms with van der Waals surface area (Å²) >= 11 is 0. The highest BCUT2D eigenvalue weighted by Crippen LogP contribution is 2.42. The lowest BCUT2D eigenvalue weighted by Gasteiger charge is -2.24. The fourth-order valence-corrected chi connectivity index (χ4v) is 2.45. The van der Waals surface area contributed by atoms with Crippen molar-refractivity contribution >= 4 is 7.60 Å². The van der Waals surface area contributed by atoms with Gasteiger partial charge in [-0.15, -0.1) is 0 Å². The van der Waals surface area contributed by atoms with E-state index in [0.29, 0.717) is 5.92 Å². The second-order valence-electron chi connectivity index (χ2n) is 4.94. The van der Waals surface area contributed by atoms with Crippen molar-refractivity contribution < 1.29 is 14.4 Å². The molecule has 104 valence electrons. The van der Waals surface area contributed by atoms with Crippen molar-refractivity contribution in [3.8, 4) is 0 Å². The van der Waals surface area contributed by atoms with E-state index in [1.54, 1.807) is 6.92 Å². The van der Waals surface area contributed by atoms with Gasteiger partial charge in [0, 0.05) is 6.04 Å².